The Morgan fingerprint density at radius 2 is 1.68 bits per heavy atom. The predicted molar refractivity (Wildman–Crippen MR) is 111 cm³/mol. The largest absolute Gasteiger partial charge is 0.469 e. The SMILES string of the molecule is COC(=O)CCC(=O)NCc1ccc(-c2nc(-c3ccc(C)cc3)cs2)cc1. The maximum atomic E-state index is 11.8. The molecule has 6 heteroatoms. The van der Waals surface area contributed by atoms with Crippen LogP contribution in [0.1, 0.15) is 24.0 Å². The quantitative estimate of drug-likeness (QED) is 0.605. The number of nitrogens with one attached hydrogen (secondary N) is 1. The molecule has 0 aliphatic heterocycles. The summed E-state index contributed by atoms with van der Waals surface area (Å²) in [6.07, 6.45) is 0.223. The van der Waals surface area contributed by atoms with E-state index in [9.17, 15) is 9.59 Å². The molecule has 3 rings (SSSR count). The van der Waals surface area contributed by atoms with E-state index in [1.165, 1.54) is 12.7 Å². The molecular weight excluding hydrogens is 372 g/mol. The number of carbonyl (C=O) groups is 2. The number of aryl methyl sites for hydroxylation is 1. The minimum absolute atomic E-state index is 0.0919. The third-order valence-corrected chi connectivity index (χ3v) is 5.22. The fraction of sp³-hybridized carbons (Fsp3) is 0.227. The molecule has 0 bridgehead atoms. The van der Waals surface area contributed by atoms with E-state index in [0.717, 1.165) is 27.4 Å². The van der Waals surface area contributed by atoms with Crippen LogP contribution in [0.5, 0.6) is 0 Å². The number of carbonyl (C=O) groups excluding carboxylic acids is 2. The number of benzene rings is 2. The highest BCUT2D eigenvalue weighted by atomic mass is 32.1. The Balaban J connectivity index is 1.58. The predicted octanol–water partition coefficient (Wildman–Crippen LogP) is 4.35. The van der Waals surface area contributed by atoms with Crippen LogP contribution in [0, 0.1) is 6.92 Å². The van der Waals surface area contributed by atoms with E-state index in [4.69, 9.17) is 4.98 Å². The molecule has 5 nitrogen and oxygen atoms in total. The fourth-order valence-electron chi connectivity index (χ4n) is 2.64. The van der Waals surface area contributed by atoms with Crippen molar-refractivity contribution in [2.75, 3.05) is 7.11 Å². The molecule has 0 spiro atoms. The molecule has 0 unspecified atom stereocenters. The first kappa shape index (κ1) is 19.8. The monoisotopic (exact) mass is 394 g/mol. The summed E-state index contributed by atoms with van der Waals surface area (Å²) in [5.41, 5.74) is 5.35. The van der Waals surface area contributed by atoms with Crippen LogP contribution in [0.2, 0.25) is 0 Å². The van der Waals surface area contributed by atoms with Gasteiger partial charge in [0.2, 0.25) is 5.91 Å². The van der Waals surface area contributed by atoms with Crippen molar-refractivity contribution < 1.29 is 14.3 Å². The Kier molecular flexibility index (Phi) is 6.55. The van der Waals surface area contributed by atoms with Gasteiger partial charge in [-0.05, 0) is 12.5 Å². The first-order valence-corrected chi connectivity index (χ1v) is 9.88. The molecule has 0 atom stereocenters. The second-order valence-corrected chi connectivity index (χ2v) is 7.31. The second kappa shape index (κ2) is 9.28. The summed E-state index contributed by atoms with van der Waals surface area (Å²) >= 11 is 1.61. The van der Waals surface area contributed by atoms with Crippen molar-refractivity contribution >= 4 is 23.2 Å². The van der Waals surface area contributed by atoms with Gasteiger partial charge in [0.05, 0.1) is 19.2 Å². The zero-order valence-electron chi connectivity index (χ0n) is 15.9. The number of ether oxygens (including phenoxy) is 1. The van der Waals surface area contributed by atoms with Gasteiger partial charge in [0.15, 0.2) is 0 Å². The molecule has 1 amide bonds. The van der Waals surface area contributed by atoms with Gasteiger partial charge in [-0.2, -0.15) is 0 Å². The van der Waals surface area contributed by atoms with Crippen molar-refractivity contribution in [1.29, 1.82) is 0 Å². The smallest absolute Gasteiger partial charge is 0.306 e. The zero-order valence-corrected chi connectivity index (χ0v) is 16.7. The third-order valence-electron chi connectivity index (χ3n) is 4.33. The topological polar surface area (TPSA) is 68.3 Å². The molecule has 0 saturated carbocycles. The minimum atomic E-state index is -0.382. The lowest BCUT2D eigenvalue weighted by Crippen LogP contribution is -2.23. The van der Waals surface area contributed by atoms with Gasteiger partial charge in [0, 0.05) is 29.5 Å². The van der Waals surface area contributed by atoms with E-state index < -0.39 is 0 Å². The average molecular weight is 394 g/mol. The Bertz CT molecular complexity index is 947. The van der Waals surface area contributed by atoms with Crippen LogP contribution in [0.15, 0.2) is 53.9 Å². The van der Waals surface area contributed by atoms with E-state index in [2.05, 4.69) is 46.6 Å². The summed E-state index contributed by atoms with van der Waals surface area (Å²) in [4.78, 5) is 27.6. The van der Waals surface area contributed by atoms with Crippen molar-refractivity contribution in [3.05, 3.63) is 65.0 Å². The average Bonchev–Trinajstić information content (AvgIpc) is 3.21. The summed E-state index contributed by atoms with van der Waals surface area (Å²) in [6.45, 7) is 2.49. The molecule has 0 saturated heterocycles. The molecule has 3 aromatic rings. The normalized spacial score (nSPS) is 10.5. The van der Waals surface area contributed by atoms with Crippen molar-refractivity contribution in [1.82, 2.24) is 10.3 Å². The van der Waals surface area contributed by atoms with E-state index >= 15 is 0 Å². The van der Waals surface area contributed by atoms with Gasteiger partial charge in [-0.3, -0.25) is 9.59 Å². The molecule has 2 aromatic carbocycles. The number of rotatable bonds is 7. The molecule has 1 N–H and O–H groups in total. The van der Waals surface area contributed by atoms with Crippen LogP contribution in [0.25, 0.3) is 21.8 Å². The molecule has 144 valence electrons. The van der Waals surface area contributed by atoms with E-state index in [1.807, 2.05) is 24.3 Å². The number of nitrogens with zero attached hydrogens (tertiary/aromatic N) is 1. The van der Waals surface area contributed by atoms with Gasteiger partial charge >= 0.3 is 5.97 Å². The van der Waals surface area contributed by atoms with Crippen molar-refractivity contribution in [2.24, 2.45) is 0 Å². The van der Waals surface area contributed by atoms with Gasteiger partial charge in [0.1, 0.15) is 5.01 Å². The van der Waals surface area contributed by atoms with E-state index in [1.54, 1.807) is 11.3 Å². The van der Waals surface area contributed by atoms with Crippen LogP contribution in [-0.2, 0) is 20.9 Å². The molecule has 0 aliphatic carbocycles. The van der Waals surface area contributed by atoms with Crippen molar-refractivity contribution in [2.45, 2.75) is 26.3 Å². The van der Waals surface area contributed by atoms with Crippen LogP contribution in [-0.4, -0.2) is 24.0 Å². The maximum absolute atomic E-state index is 11.8. The number of hydrogen-bond acceptors (Lipinski definition) is 5. The maximum Gasteiger partial charge on any atom is 0.306 e. The third kappa shape index (κ3) is 5.27. The van der Waals surface area contributed by atoms with Crippen molar-refractivity contribution in [3.8, 4) is 21.8 Å². The van der Waals surface area contributed by atoms with Crippen LogP contribution >= 0.6 is 11.3 Å². The fourth-order valence-corrected chi connectivity index (χ4v) is 3.47. The van der Waals surface area contributed by atoms with Crippen LogP contribution in [0.3, 0.4) is 0 Å². The lowest BCUT2D eigenvalue weighted by Gasteiger charge is -2.06. The number of hydrogen-bond donors (Lipinski definition) is 1. The highest BCUT2D eigenvalue weighted by molar-refractivity contribution is 7.13. The lowest BCUT2D eigenvalue weighted by molar-refractivity contribution is -0.142. The lowest BCUT2D eigenvalue weighted by atomic mass is 10.1. The number of esters is 1. The van der Waals surface area contributed by atoms with Gasteiger partial charge in [0.25, 0.3) is 0 Å². The molecule has 0 radical (unpaired) electrons. The molecule has 28 heavy (non-hydrogen) atoms. The molecule has 0 aliphatic rings. The standard InChI is InChI=1S/C22H22N2O3S/c1-15-3-7-17(8-4-15)19-14-28-22(24-19)18-9-5-16(6-10-18)13-23-20(25)11-12-21(26)27-2/h3-10,14H,11-13H2,1-2H3,(H,23,25). The van der Waals surface area contributed by atoms with E-state index in [-0.39, 0.29) is 24.7 Å². The molecule has 1 heterocycles. The Hall–Kier alpha value is -2.99. The Labute approximate surface area is 168 Å². The summed E-state index contributed by atoms with van der Waals surface area (Å²) in [5.74, 6) is -0.551. The summed E-state index contributed by atoms with van der Waals surface area (Å²) in [6, 6.07) is 16.3. The highest BCUT2D eigenvalue weighted by Gasteiger charge is 2.08. The number of aromatic nitrogens is 1. The van der Waals surface area contributed by atoms with Crippen molar-refractivity contribution in [3.63, 3.8) is 0 Å². The van der Waals surface area contributed by atoms with Crippen LogP contribution < -0.4 is 5.32 Å². The number of thiazole rings is 1. The van der Waals surface area contributed by atoms with Gasteiger partial charge < -0.3 is 10.1 Å². The summed E-state index contributed by atoms with van der Waals surface area (Å²) in [7, 11) is 1.31. The Morgan fingerprint density at radius 1 is 1.00 bits per heavy atom. The zero-order chi connectivity index (χ0) is 19.9. The van der Waals surface area contributed by atoms with E-state index in [0.29, 0.717) is 6.54 Å². The van der Waals surface area contributed by atoms with Gasteiger partial charge in [-0.25, -0.2) is 4.98 Å². The number of amides is 1. The molecule has 1 aromatic heterocycles. The van der Waals surface area contributed by atoms with Gasteiger partial charge in [-0.15, -0.1) is 11.3 Å². The first-order valence-electron chi connectivity index (χ1n) is 9.00. The molecular formula is C22H22N2O3S. The van der Waals surface area contributed by atoms with Gasteiger partial charge in [-0.1, -0.05) is 54.1 Å². The summed E-state index contributed by atoms with van der Waals surface area (Å²) in [5, 5.41) is 5.84. The Morgan fingerprint density at radius 3 is 2.36 bits per heavy atom. The number of methoxy groups -OCH3 is 1. The highest BCUT2D eigenvalue weighted by Crippen LogP contribution is 2.29. The summed E-state index contributed by atoms with van der Waals surface area (Å²) < 4.78 is 4.53. The van der Waals surface area contributed by atoms with Crippen LogP contribution in [0.4, 0.5) is 0 Å². The second-order valence-electron chi connectivity index (χ2n) is 6.45. The first-order chi connectivity index (χ1) is 13.5. The molecule has 0 fully saturated rings. The minimum Gasteiger partial charge on any atom is -0.469 e.